The lowest BCUT2D eigenvalue weighted by Crippen LogP contribution is -2.21. The Kier molecular flexibility index (Phi) is 2.86. The number of nitrogens with zero attached hydrogens (tertiary/aromatic N) is 1. The Morgan fingerprint density at radius 3 is 3.00 bits per heavy atom. The van der Waals surface area contributed by atoms with Crippen LogP contribution in [-0.2, 0) is 16.1 Å². The highest BCUT2D eigenvalue weighted by atomic mass is 16.5. The predicted molar refractivity (Wildman–Crippen MR) is 61.5 cm³/mol. The molecule has 0 aliphatic heterocycles. The lowest BCUT2D eigenvalue weighted by atomic mass is 10.3. The molecule has 1 aromatic carbocycles. The van der Waals surface area contributed by atoms with Crippen molar-refractivity contribution in [3.63, 3.8) is 0 Å². The smallest absolute Gasteiger partial charge is 0.420 e. The summed E-state index contributed by atoms with van der Waals surface area (Å²) in [5, 5.41) is 0. The van der Waals surface area contributed by atoms with Gasteiger partial charge in [0.15, 0.2) is 5.58 Å². The monoisotopic (exact) mass is 236 g/mol. The van der Waals surface area contributed by atoms with E-state index in [9.17, 15) is 9.59 Å². The Balaban J connectivity index is 2.45. The Labute approximate surface area is 96.6 Å². The lowest BCUT2D eigenvalue weighted by Gasteiger charge is -2.02. The number of carbonyl (C=O) groups excluding carboxylic acids is 1. The van der Waals surface area contributed by atoms with E-state index in [0.717, 1.165) is 0 Å². The van der Waals surface area contributed by atoms with Crippen LogP contribution in [0, 0.1) is 0 Å². The summed E-state index contributed by atoms with van der Waals surface area (Å²) < 4.78 is 11.0. The van der Waals surface area contributed by atoms with Gasteiger partial charge in [-0.1, -0.05) is 0 Å². The van der Waals surface area contributed by atoms with E-state index < -0.39 is 11.7 Å². The molecule has 0 spiro atoms. The molecule has 0 unspecified atom stereocenters. The summed E-state index contributed by atoms with van der Waals surface area (Å²) in [4.78, 5) is 22.9. The Morgan fingerprint density at radius 2 is 2.29 bits per heavy atom. The number of hydrogen-bond donors (Lipinski definition) is 1. The van der Waals surface area contributed by atoms with Gasteiger partial charge in [-0.15, -0.1) is 0 Å². The van der Waals surface area contributed by atoms with E-state index in [4.69, 9.17) is 14.9 Å². The van der Waals surface area contributed by atoms with Gasteiger partial charge in [0, 0.05) is 5.69 Å². The largest absolute Gasteiger partial charge is 0.465 e. The molecule has 0 saturated heterocycles. The Morgan fingerprint density at radius 1 is 1.53 bits per heavy atom. The predicted octanol–water partition coefficient (Wildman–Crippen LogP) is 0.740. The average molecular weight is 236 g/mol. The van der Waals surface area contributed by atoms with Crippen LogP contribution in [0.2, 0.25) is 0 Å². The van der Waals surface area contributed by atoms with Crippen LogP contribution in [0.3, 0.4) is 0 Å². The quantitative estimate of drug-likeness (QED) is 0.627. The molecule has 1 heterocycles. The highest BCUT2D eigenvalue weighted by Crippen LogP contribution is 2.16. The maximum atomic E-state index is 11.5. The van der Waals surface area contributed by atoms with E-state index in [0.29, 0.717) is 16.8 Å². The first-order valence-corrected chi connectivity index (χ1v) is 5.16. The number of oxazole rings is 1. The molecule has 0 amide bonds. The second-order valence-electron chi connectivity index (χ2n) is 3.49. The summed E-state index contributed by atoms with van der Waals surface area (Å²) >= 11 is 0. The molecule has 0 saturated carbocycles. The fourth-order valence-electron chi connectivity index (χ4n) is 1.56. The summed E-state index contributed by atoms with van der Waals surface area (Å²) in [6, 6.07) is 4.80. The minimum absolute atomic E-state index is 0.177. The van der Waals surface area contributed by atoms with Crippen LogP contribution in [-0.4, -0.2) is 17.1 Å². The van der Waals surface area contributed by atoms with Gasteiger partial charge in [-0.25, -0.2) is 4.79 Å². The number of hydrogen-bond acceptors (Lipinski definition) is 5. The van der Waals surface area contributed by atoms with E-state index in [2.05, 4.69) is 0 Å². The number of ether oxygens (including phenoxy) is 1. The molecule has 0 radical (unpaired) electrons. The fourth-order valence-corrected chi connectivity index (χ4v) is 1.56. The molecule has 0 fully saturated rings. The van der Waals surface area contributed by atoms with E-state index >= 15 is 0 Å². The van der Waals surface area contributed by atoms with Crippen molar-refractivity contribution in [3.05, 3.63) is 28.7 Å². The van der Waals surface area contributed by atoms with Gasteiger partial charge >= 0.3 is 11.7 Å². The lowest BCUT2D eigenvalue weighted by molar-refractivity contribution is -0.143. The Bertz CT molecular complexity index is 611. The third-order valence-corrected chi connectivity index (χ3v) is 2.28. The second kappa shape index (κ2) is 4.32. The molecule has 2 rings (SSSR count). The molecule has 2 N–H and O–H groups in total. The van der Waals surface area contributed by atoms with Crippen LogP contribution in [0.25, 0.3) is 11.1 Å². The molecule has 90 valence electrons. The molecule has 6 heteroatoms. The van der Waals surface area contributed by atoms with E-state index in [1.54, 1.807) is 25.1 Å². The van der Waals surface area contributed by atoms with Gasteiger partial charge in [-0.2, -0.15) is 0 Å². The summed E-state index contributed by atoms with van der Waals surface area (Å²) in [6.45, 7) is 1.79. The first-order chi connectivity index (χ1) is 8.11. The van der Waals surface area contributed by atoms with Crippen molar-refractivity contribution in [3.8, 4) is 0 Å². The van der Waals surface area contributed by atoms with Crippen LogP contribution < -0.4 is 11.5 Å². The third kappa shape index (κ3) is 2.15. The van der Waals surface area contributed by atoms with Gasteiger partial charge in [-0.3, -0.25) is 9.36 Å². The SMILES string of the molecule is CCOC(=O)Cn1c(=O)oc2ccc(N)cc21. The molecule has 2 aromatic rings. The molecular formula is C11H12N2O4. The number of nitrogen functional groups attached to an aromatic ring is 1. The van der Waals surface area contributed by atoms with Crippen LogP contribution in [0.15, 0.2) is 27.4 Å². The minimum atomic E-state index is -0.598. The van der Waals surface area contributed by atoms with Crippen molar-refractivity contribution < 1.29 is 13.9 Å². The number of benzene rings is 1. The van der Waals surface area contributed by atoms with Crippen molar-refractivity contribution in [2.45, 2.75) is 13.5 Å². The average Bonchev–Trinajstić information content (AvgIpc) is 2.56. The maximum absolute atomic E-state index is 11.5. The molecule has 6 nitrogen and oxygen atoms in total. The van der Waals surface area contributed by atoms with Crippen molar-refractivity contribution in [2.75, 3.05) is 12.3 Å². The van der Waals surface area contributed by atoms with Crippen molar-refractivity contribution in [1.29, 1.82) is 0 Å². The highest BCUT2D eigenvalue weighted by Gasteiger charge is 2.13. The van der Waals surface area contributed by atoms with Crippen LogP contribution in [0.1, 0.15) is 6.92 Å². The molecule has 0 bridgehead atoms. The number of rotatable bonds is 3. The van der Waals surface area contributed by atoms with Crippen molar-refractivity contribution in [2.24, 2.45) is 0 Å². The fraction of sp³-hybridized carbons (Fsp3) is 0.273. The zero-order chi connectivity index (χ0) is 12.4. The number of anilines is 1. The summed E-state index contributed by atoms with van der Waals surface area (Å²) in [6.07, 6.45) is 0. The number of carbonyl (C=O) groups is 1. The zero-order valence-corrected chi connectivity index (χ0v) is 9.30. The second-order valence-corrected chi connectivity index (χ2v) is 3.49. The number of fused-ring (bicyclic) bond motifs is 1. The van der Waals surface area contributed by atoms with Crippen molar-refractivity contribution in [1.82, 2.24) is 4.57 Å². The van der Waals surface area contributed by atoms with E-state index in [1.807, 2.05) is 0 Å². The van der Waals surface area contributed by atoms with Gasteiger partial charge in [0.1, 0.15) is 6.54 Å². The van der Waals surface area contributed by atoms with Gasteiger partial charge < -0.3 is 14.9 Å². The standard InChI is InChI=1S/C11H12N2O4/c1-2-16-10(14)6-13-8-5-7(12)3-4-9(8)17-11(13)15/h3-5H,2,6,12H2,1H3. The Hall–Kier alpha value is -2.24. The summed E-state index contributed by atoms with van der Waals surface area (Å²) in [7, 11) is 0. The van der Waals surface area contributed by atoms with Gasteiger partial charge in [-0.05, 0) is 25.1 Å². The molecular weight excluding hydrogens is 224 g/mol. The molecule has 0 aliphatic carbocycles. The van der Waals surface area contributed by atoms with Crippen LogP contribution in [0.4, 0.5) is 5.69 Å². The third-order valence-electron chi connectivity index (χ3n) is 2.28. The van der Waals surface area contributed by atoms with Gasteiger partial charge in [0.25, 0.3) is 0 Å². The summed E-state index contributed by atoms with van der Waals surface area (Å²) in [5.74, 6) is -1.08. The molecule has 0 atom stereocenters. The number of aromatic nitrogens is 1. The zero-order valence-electron chi connectivity index (χ0n) is 9.30. The summed E-state index contributed by atoms with van der Waals surface area (Å²) in [5.41, 5.74) is 7.00. The number of esters is 1. The highest BCUT2D eigenvalue weighted by molar-refractivity contribution is 5.79. The minimum Gasteiger partial charge on any atom is -0.465 e. The topological polar surface area (TPSA) is 87.5 Å². The van der Waals surface area contributed by atoms with E-state index in [1.165, 1.54) is 4.57 Å². The number of nitrogens with two attached hydrogens (primary N) is 1. The molecule has 1 aromatic heterocycles. The normalized spacial score (nSPS) is 10.6. The maximum Gasteiger partial charge on any atom is 0.420 e. The molecule has 0 aliphatic rings. The molecule has 17 heavy (non-hydrogen) atoms. The first-order valence-electron chi connectivity index (χ1n) is 5.16. The first kappa shape index (κ1) is 11.3. The van der Waals surface area contributed by atoms with Gasteiger partial charge in [0.05, 0.1) is 12.1 Å². The van der Waals surface area contributed by atoms with Crippen LogP contribution >= 0.6 is 0 Å². The van der Waals surface area contributed by atoms with Gasteiger partial charge in [0.2, 0.25) is 0 Å². The van der Waals surface area contributed by atoms with E-state index in [-0.39, 0.29) is 13.2 Å². The van der Waals surface area contributed by atoms with Crippen LogP contribution in [0.5, 0.6) is 0 Å². The van der Waals surface area contributed by atoms with Crippen molar-refractivity contribution >= 4 is 22.8 Å².